The molecule has 0 spiro atoms. The van der Waals surface area contributed by atoms with Crippen LogP contribution in [0.15, 0.2) is 12.1 Å². The van der Waals surface area contributed by atoms with Crippen LogP contribution >= 0.6 is 0 Å². The van der Waals surface area contributed by atoms with Gasteiger partial charge in [-0.25, -0.2) is 0 Å². The molecular weight excluding hydrogens is 214 g/mol. The molecule has 84 valence electrons. The second-order valence-corrected chi connectivity index (χ2v) is 3.01. The fourth-order valence-electron chi connectivity index (χ4n) is 1.41. The Hall–Kier alpha value is -2.24. The topological polar surface area (TPSA) is 86.5 Å². The van der Waals surface area contributed by atoms with Crippen molar-refractivity contribution >= 4 is 17.8 Å². The van der Waals surface area contributed by atoms with Gasteiger partial charge in [-0.1, -0.05) is 0 Å². The zero-order chi connectivity index (χ0) is 12.3. The number of nitro benzene ring substituents is 1. The molecule has 0 saturated heterocycles. The lowest BCUT2D eigenvalue weighted by Gasteiger charge is -2.07. The molecule has 0 heterocycles. The van der Waals surface area contributed by atoms with Crippen LogP contribution in [0.1, 0.15) is 27.6 Å². The van der Waals surface area contributed by atoms with Crippen molar-refractivity contribution < 1.29 is 19.2 Å². The average molecular weight is 223 g/mol. The van der Waals surface area contributed by atoms with E-state index >= 15 is 0 Å². The van der Waals surface area contributed by atoms with Crippen LogP contribution in [-0.2, 0) is 0 Å². The van der Waals surface area contributed by atoms with E-state index in [-0.39, 0.29) is 16.9 Å². The summed E-state index contributed by atoms with van der Waals surface area (Å²) in [5, 5.41) is 10.7. The molecule has 0 radical (unpaired) electrons. The number of ether oxygens (including phenoxy) is 1. The van der Waals surface area contributed by atoms with Crippen molar-refractivity contribution in [3.8, 4) is 5.75 Å². The number of nitrogens with zero attached hydrogens (tertiary/aromatic N) is 1. The van der Waals surface area contributed by atoms with Crippen LogP contribution < -0.4 is 4.74 Å². The van der Waals surface area contributed by atoms with E-state index in [0.29, 0.717) is 6.29 Å². The van der Waals surface area contributed by atoms with Crippen LogP contribution in [0.4, 0.5) is 5.69 Å². The zero-order valence-corrected chi connectivity index (χ0v) is 8.72. The van der Waals surface area contributed by atoms with Gasteiger partial charge in [0.25, 0.3) is 5.69 Å². The quantitative estimate of drug-likeness (QED) is 0.335. The second-order valence-electron chi connectivity index (χ2n) is 3.01. The van der Waals surface area contributed by atoms with E-state index in [2.05, 4.69) is 0 Å². The maximum absolute atomic E-state index is 11.3. The Kier molecular flexibility index (Phi) is 3.34. The lowest BCUT2D eigenvalue weighted by Crippen LogP contribution is -2.06. The number of methoxy groups -OCH3 is 1. The van der Waals surface area contributed by atoms with E-state index in [0.717, 1.165) is 13.0 Å². The highest BCUT2D eigenvalue weighted by molar-refractivity contribution is 6.06. The van der Waals surface area contributed by atoms with Gasteiger partial charge in [0.05, 0.1) is 17.6 Å². The molecule has 0 fully saturated rings. The van der Waals surface area contributed by atoms with Gasteiger partial charge in [-0.05, 0) is 13.0 Å². The van der Waals surface area contributed by atoms with Gasteiger partial charge >= 0.3 is 0 Å². The van der Waals surface area contributed by atoms with E-state index in [9.17, 15) is 19.7 Å². The summed E-state index contributed by atoms with van der Waals surface area (Å²) >= 11 is 0. The highest BCUT2D eigenvalue weighted by Gasteiger charge is 2.24. The normalized spacial score (nSPS) is 9.62. The Labute approximate surface area is 91.0 Å². The number of carbonyl (C=O) groups is 2. The second kappa shape index (κ2) is 4.52. The van der Waals surface area contributed by atoms with E-state index in [1.165, 1.54) is 13.2 Å². The first-order chi connectivity index (χ1) is 7.52. The molecule has 6 heteroatoms. The number of hydrogen-bond acceptors (Lipinski definition) is 5. The van der Waals surface area contributed by atoms with E-state index < -0.39 is 16.4 Å². The molecule has 0 amide bonds. The fourth-order valence-corrected chi connectivity index (χ4v) is 1.41. The lowest BCUT2D eigenvalue weighted by molar-refractivity contribution is -0.385. The number of aldehydes is 1. The van der Waals surface area contributed by atoms with Gasteiger partial charge in [-0.15, -0.1) is 0 Å². The van der Waals surface area contributed by atoms with Crippen molar-refractivity contribution in [1.82, 2.24) is 0 Å². The molecule has 0 N–H and O–H groups in total. The maximum atomic E-state index is 11.3. The number of Topliss-reactive ketones (excluding diaryl/α,β-unsaturated/α-hetero) is 1. The number of nitro groups is 1. The van der Waals surface area contributed by atoms with Crippen molar-refractivity contribution in [2.45, 2.75) is 6.92 Å². The third kappa shape index (κ3) is 1.90. The predicted octanol–water partition coefficient (Wildman–Crippen LogP) is 1.62. The Morgan fingerprint density at radius 2 is 2.12 bits per heavy atom. The molecule has 0 aliphatic heterocycles. The Bertz CT molecular complexity index is 467. The fraction of sp³-hybridized carbons (Fsp3) is 0.200. The Morgan fingerprint density at radius 1 is 1.50 bits per heavy atom. The number of ketones is 1. The summed E-state index contributed by atoms with van der Waals surface area (Å²) in [4.78, 5) is 32.1. The van der Waals surface area contributed by atoms with Gasteiger partial charge in [-0.3, -0.25) is 19.7 Å². The molecular formula is C10H9NO5. The third-order valence-corrected chi connectivity index (χ3v) is 2.07. The molecule has 6 nitrogen and oxygen atoms in total. The van der Waals surface area contributed by atoms with Crippen molar-refractivity contribution in [2.75, 3.05) is 7.11 Å². The largest absolute Gasteiger partial charge is 0.496 e. The molecule has 1 rings (SSSR count). The molecule has 0 aliphatic rings. The summed E-state index contributed by atoms with van der Waals surface area (Å²) in [6.07, 6.45) is 0.378. The standard InChI is InChI=1S/C10H9NO5/c1-6(13)10-7(5-12)9(16-2)4-3-8(10)11(14)15/h3-5H,1-2H3. The van der Waals surface area contributed by atoms with Gasteiger partial charge < -0.3 is 4.74 Å². The zero-order valence-electron chi connectivity index (χ0n) is 8.72. The molecule has 0 unspecified atom stereocenters. The van der Waals surface area contributed by atoms with Crippen molar-refractivity contribution in [3.63, 3.8) is 0 Å². The average Bonchev–Trinajstić information content (AvgIpc) is 2.26. The van der Waals surface area contributed by atoms with Crippen molar-refractivity contribution in [2.24, 2.45) is 0 Å². The minimum absolute atomic E-state index is 0.0933. The predicted molar refractivity (Wildman–Crippen MR) is 55.0 cm³/mol. The van der Waals surface area contributed by atoms with Crippen molar-refractivity contribution in [3.05, 3.63) is 33.4 Å². The first-order valence-corrected chi connectivity index (χ1v) is 4.34. The van der Waals surface area contributed by atoms with Crippen LogP contribution in [0.5, 0.6) is 5.75 Å². The van der Waals surface area contributed by atoms with Crippen LogP contribution in [-0.4, -0.2) is 24.1 Å². The molecule has 0 atom stereocenters. The summed E-state index contributed by atoms with van der Waals surface area (Å²) in [5.74, 6) is -0.404. The van der Waals surface area contributed by atoms with Crippen LogP contribution in [0.2, 0.25) is 0 Å². The van der Waals surface area contributed by atoms with Crippen molar-refractivity contribution in [1.29, 1.82) is 0 Å². The molecule has 0 aliphatic carbocycles. The minimum Gasteiger partial charge on any atom is -0.496 e. The Balaban J connectivity index is 3.63. The molecule has 0 saturated carbocycles. The van der Waals surface area contributed by atoms with Gasteiger partial charge in [0.2, 0.25) is 0 Å². The molecule has 1 aromatic carbocycles. The first-order valence-electron chi connectivity index (χ1n) is 4.34. The van der Waals surface area contributed by atoms with Gasteiger partial charge in [0.15, 0.2) is 12.1 Å². The maximum Gasteiger partial charge on any atom is 0.281 e. The summed E-state index contributed by atoms with van der Waals surface area (Å²) in [6, 6.07) is 2.43. The minimum atomic E-state index is -0.705. The Morgan fingerprint density at radius 3 is 2.50 bits per heavy atom. The van der Waals surface area contributed by atoms with E-state index in [1.54, 1.807) is 0 Å². The number of hydrogen-bond donors (Lipinski definition) is 0. The van der Waals surface area contributed by atoms with E-state index in [4.69, 9.17) is 4.74 Å². The van der Waals surface area contributed by atoms with Gasteiger partial charge in [0, 0.05) is 6.07 Å². The lowest BCUT2D eigenvalue weighted by atomic mass is 10.0. The highest BCUT2D eigenvalue weighted by Crippen LogP contribution is 2.29. The number of carbonyl (C=O) groups excluding carboxylic acids is 2. The molecule has 1 aromatic rings. The van der Waals surface area contributed by atoms with Crippen LogP contribution in [0, 0.1) is 10.1 Å². The van der Waals surface area contributed by atoms with Gasteiger partial charge in [0.1, 0.15) is 11.3 Å². The summed E-state index contributed by atoms with van der Waals surface area (Å²) in [5.41, 5.74) is -0.709. The third-order valence-electron chi connectivity index (χ3n) is 2.07. The number of benzene rings is 1. The SMILES string of the molecule is COc1ccc([N+](=O)[O-])c(C(C)=O)c1C=O. The highest BCUT2D eigenvalue weighted by atomic mass is 16.6. The monoisotopic (exact) mass is 223 g/mol. The van der Waals surface area contributed by atoms with E-state index in [1.807, 2.05) is 0 Å². The van der Waals surface area contributed by atoms with Crippen LogP contribution in [0.3, 0.4) is 0 Å². The van der Waals surface area contributed by atoms with Gasteiger partial charge in [-0.2, -0.15) is 0 Å². The molecule has 0 aromatic heterocycles. The summed E-state index contributed by atoms with van der Waals surface area (Å²) in [6.45, 7) is 1.16. The molecule has 0 bridgehead atoms. The van der Waals surface area contributed by atoms with Crippen LogP contribution in [0.25, 0.3) is 0 Å². The number of rotatable bonds is 4. The smallest absolute Gasteiger partial charge is 0.281 e. The summed E-state index contributed by atoms with van der Waals surface area (Å²) in [7, 11) is 1.32. The molecule has 16 heavy (non-hydrogen) atoms. The summed E-state index contributed by atoms with van der Waals surface area (Å²) < 4.78 is 4.86. The first kappa shape index (κ1) is 11.8.